The number of benzene rings is 1. The number of hydrogen-bond donors (Lipinski definition) is 1. The van der Waals surface area contributed by atoms with E-state index < -0.39 is 4.92 Å². The average molecular weight is 456 g/mol. The van der Waals surface area contributed by atoms with Crippen LogP contribution in [-0.4, -0.2) is 44.8 Å². The van der Waals surface area contributed by atoms with Gasteiger partial charge in [-0.3, -0.25) is 19.9 Å². The summed E-state index contributed by atoms with van der Waals surface area (Å²) in [6.07, 6.45) is 7.36. The lowest BCUT2D eigenvalue weighted by molar-refractivity contribution is -0.384. The van der Waals surface area contributed by atoms with Crippen LogP contribution in [0.5, 0.6) is 0 Å². The highest BCUT2D eigenvalue weighted by Gasteiger charge is 2.25. The minimum atomic E-state index is -0.466. The lowest BCUT2D eigenvalue weighted by Gasteiger charge is -2.33. The molecule has 0 spiro atoms. The van der Waals surface area contributed by atoms with E-state index in [1.807, 2.05) is 18.5 Å². The molecule has 10 heteroatoms. The Labute approximate surface area is 187 Å². The maximum absolute atomic E-state index is 12.8. The lowest BCUT2D eigenvalue weighted by atomic mass is 10.0. The van der Waals surface area contributed by atoms with Crippen LogP contribution in [0.2, 0.25) is 0 Å². The van der Waals surface area contributed by atoms with E-state index in [0.717, 1.165) is 27.9 Å². The van der Waals surface area contributed by atoms with Gasteiger partial charge in [0.05, 0.1) is 15.3 Å². The summed E-state index contributed by atoms with van der Waals surface area (Å²) in [6.45, 7) is 1.26. The summed E-state index contributed by atoms with van der Waals surface area (Å²) >= 11 is 3.33. The first-order valence-electron chi connectivity index (χ1n) is 9.86. The Kier molecular flexibility index (Phi) is 6.78. The van der Waals surface area contributed by atoms with Gasteiger partial charge in [-0.25, -0.2) is 4.98 Å². The lowest BCUT2D eigenvalue weighted by Crippen LogP contribution is -2.45. The molecule has 4 rings (SSSR count). The van der Waals surface area contributed by atoms with Crippen molar-refractivity contribution in [2.24, 2.45) is 0 Å². The van der Waals surface area contributed by atoms with Crippen LogP contribution in [0.25, 0.3) is 0 Å². The van der Waals surface area contributed by atoms with Crippen LogP contribution in [0.15, 0.2) is 59.2 Å². The second-order valence-corrected chi connectivity index (χ2v) is 9.48. The maximum atomic E-state index is 12.8. The molecule has 1 saturated heterocycles. The number of rotatable bonds is 7. The molecule has 1 fully saturated rings. The molecule has 1 aromatic carbocycles. The van der Waals surface area contributed by atoms with E-state index in [2.05, 4.69) is 21.4 Å². The topological polar surface area (TPSA) is 101 Å². The third kappa shape index (κ3) is 5.59. The first kappa shape index (κ1) is 21.3. The van der Waals surface area contributed by atoms with Gasteiger partial charge in [0, 0.05) is 55.0 Å². The Bertz CT molecular complexity index is 1040. The van der Waals surface area contributed by atoms with E-state index in [4.69, 9.17) is 0 Å². The van der Waals surface area contributed by atoms with Gasteiger partial charge in [-0.15, -0.1) is 11.8 Å². The Balaban J connectivity index is 1.32. The van der Waals surface area contributed by atoms with Crippen LogP contribution in [-0.2, 0) is 5.75 Å². The van der Waals surface area contributed by atoms with Crippen molar-refractivity contribution in [3.8, 4) is 0 Å². The molecule has 1 aliphatic heterocycles. The van der Waals surface area contributed by atoms with E-state index in [0.29, 0.717) is 18.7 Å². The van der Waals surface area contributed by atoms with Crippen molar-refractivity contribution in [2.75, 3.05) is 18.4 Å². The maximum Gasteiger partial charge on any atom is 0.269 e. The van der Waals surface area contributed by atoms with E-state index >= 15 is 0 Å². The van der Waals surface area contributed by atoms with Gasteiger partial charge < -0.3 is 10.2 Å². The van der Waals surface area contributed by atoms with E-state index in [1.54, 1.807) is 34.2 Å². The zero-order chi connectivity index (χ0) is 21.6. The first-order valence-corrected chi connectivity index (χ1v) is 11.7. The number of aromatic nitrogens is 2. The fraction of sp³-hybridized carbons (Fsp3) is 0.286. The van der Waals surface area contributed by atoms with Crippen molar-refractivity contribution >= 4 is 39.8 Å². The molecule has 1 unspecified atom stereocenters. The Hall–Kier alpha value is -2.98. The summed E-state index contributed by atoms with van der Waals surface area (Å²) < 4.78 is 1.13. The van der Waals surface area contributed by atoms with Gasteiger partial charge in [-0.05, 0) is 36.6 Å². The molecule has 0 bridgehead atoms. The number of piperidine rings is 1. The monoisotopic (exact) mass is 455 g/mol. The molecule has 2 aromatic heterocycles. The zero-order valence-electron chi connectivity index (χ0n) is 16.6. The van der Waals surface area contributed by atoms with Crippen LogP contribution in [0.3, 0.4) is 0 Å². The number of anilines is 1. The molecule has 31 heavy (non-hydrogen) atoms. The van der Waals surface area contributed by atoms with Gasteiger partial charge >= 0.3 is 0 Å². The fourth-order valence-electron chi connectivity index (χ4n) is 3.39. The Morgan fingerprint density at radius 2 is 2.13 bits per heavy atom. The number of nitrogens with one attached hydrogen (secondary N) is 1. The predicted octanol–water partition coefficient (Wildman–Crippen LogP) is 4.46. The van der Waals surface area contributed by atoms with Gasteiger partial charge in [0.1, 0.15) is 0 Å². The molecule has 1 N–H and O–H groups in total. The second kappa shape index (κ2) is 9.88. The van der Waals surface area contributed by atoms with Gasteiger partial charge in [0.2, 0.25) is 0 Å². The van der Waals surface area contributed by atoms with Crippen LogP contribution >= 0.6 is 23.1 Å². The third-order valence-electron chi connectivity index (χ3n) is 4.95. The number of nitrogens with zero attached hydrogens (tertiary/aromatic N) is 4. The summed E-state index contributed by atoms with van der Waals surface area (Å²) in [4.78, 5) is 33.6. The second-order valence-electron chi connectivity index (χ2n) is 7.17. The van der Waals surface area contributed by atoms with Gasteiger partial charge in [0.15, 0.2) is 5.13 Å². The number of nitro groups is 1. The van der Waals surface area contributed by atoms with E-state index in [1.165, 1.54) is 29.8 Å². The van der Waals surface area contributed by atoms with Crippen LogP contribution in [0, 0.1) is 10.1 Å². The van der Waals surface area contributed by atoms with Crippen molar-refractivity contribution in [1.29, 1.82) is 0 Å². The predicted molar refractivity (Wildman–Crippen MR) is 122 cm³/mol. The summed E-state index contributed by atoms with van der Waals surface area (Å²) in [7, 11) is 0. The first-order chi connectivity index (χ1) is 15.1. The molecular formula is C21H21N5O3S2. The summed E-state index contributed by atoms with van der Waals surface area (Å²) in [6, 6.07) is 9.88. The molecule has 1 atom stereocenters. The number of hydrogen-bond acceptors (Lipinski definition) is 8. The SMILES string of the molecule is O=C(c1ccc([N+](=O)[O-])cc1)N1CCCC(Nc2ncc(SCc3cccnc3)s2)C1. The summed E-state index contributed by atoms with van der Waals surface area (Å²) in [5, 5.41) is 15.1. The zero-order valence-corrected chi connectivity index (χ0v) is 18.3. The molecule has 0 aliphatic carbocycles. The number of thioether (sulfide) groups is 1. The number of carbonyl (C=O) groups is 1. The number of pyridine rings is 1. The highest BCUT2D eigenvalue weighted by atomic mass is 32.2. The van der Waals surface area contributed by atoms with Crippen LogP contribution in [0.4, 0.5) is 10.8 Å². The van der Waals surface area contributed by atoms with Crippen molar-refractivity contribution in [3.63, 3.8) is 0 Å². The fourth-order valence-corrected chi connectivity index (χ4v) is 5.28. The molecule has 1 aliphatic rings. The summed E-state index contributed by atoms with van der Waals surface area (Å²) in [5.74, 6) is 0.740. The smallest absolute Gasteiger partial charge is 0.269 e. The number of nitro benzene ring substituents is 1. The van der Waals surface area contributed by atoms with E-state index in [9.17, 15) is 14.9 Å². The molecular weight excluding hydrogens is 434 g/mol. The largest absolute Gasteiger partial charge is 0.357 e. The van der Waals surface area contributed by atoms with E-state index in [-0.39, 0.29) is 17.6 Å². The molecule has 0 radical (unpaired) electrons. The highest BCUT2D eigenvalue weighted by molar-refractivity contribution is 8.00. The summed E-state index contributed by atoms with van der Waals surface area (Å²) in [5.41, 5.74) is 1.62. The van der Waals surface area contributed by atoms with Crippen molar-refractivity contribution < 1.29 is 9.72 Å². The van der Waals surface area contributed by atoms with Crippen LogP contribution in [0.1, 0.15) is 28.8 Å². The van der Waals surface area contributed by atoms with Gasteiger partial charge in [-0.1, -0.05) is 17.4 Å². The standard InChI is InChI=1S/C21H21N5O3S2/c27-20(16-5-7-18(8-6-16)26(28)29)25-10-2-4-17(13-25)24-21-23-12-19(31-21)30-14-15-3-1-9-22-11-15/h1,3,5-9,11-12,17H,2,4,10,13-14H2,(H,23,24). The minimum absolute atomic E-state index is 0.0179. The molecule has 1 amide bonds. The van der Waals surface area contributed by atoms with Crippen molar-refractivity contribution in [2.45, 2.75) is 28.8 Å². The van der Waals surface area contributed by atoms with Crippen LogP contribution < -0.4 is 5.32 Å². The normalized spacial score (nSPS) is 16.1. The third-order valence-corrected chi connectivity index (χ3v) is 7.14. The molecule has 3 heterocycles. The number of amides is 1. The van der Waals surface area contributed by atoms with Gasteiger partial charge in [-0.2, -0.15) is 0 Å². The van der Waals surface area contributed by atoms with Crippen molar-refractivity contribution in [3.05, 3.63) is 76.2 Å². The molecule has 0 saturated carbocycles. The number of non-ortho nitro benzene ring substituents is 1. The Morgan fingerprint density at radius 3 is 2.87 bits per heavy atom. The average Bonchev–Trinajstić information content (AvgIpc) is 3.25. The Morgan fingerprint density at radius 1 is 1.29 bits per heavy atom. The number of likely N-dealkylation sites (tertiary alicyclic amines) is 1. The van der Waals surface area contributed by atoms with Gasteiger partial charge in [0.25, 0.3) is 11.6 Å². The molecule has 8 nitrogen and oxygen atoms in total. The minimum Gasteiger partial charge on any atom is -0.357 e. The quantitative estimate of drug-likeness (QED) is 0.319. The number of thiazole rings is 1. The number of carbonyl (C=O) groups excluding carboxylic acids is 1. The molecule has 160 valence electrons. The molecule has 3 aromatic rings. The van der Waals surface area contributed by atoms with Crippen molar-refractivity contribution in [1.82, 2.24) is 14.9 Å². The highest BCUT2D eigenvalue weighted by Crippen LogP contribution is 2.31.